The van der Waals surface area contributed by atoms with Crippen LogP contribution in [0.2, 0.25) is 0 Å². The summed E-state index contributed by atoms with van der Waals surface area (Å²) in [5.41, 5.74) is 3.91. The number of rotatable bonds is 22. The molecule has 318 valence electrons. The Labute approximate surface area is 352 Å². The molecule has 10 nitrogen and oxygen atoms in total. The Morgan fingerprint density at radius 3 is 2.53 bits per heavy atom. The highest BCUT2D eigenvalue weighted by Crippen LogP contribution is 2.62. The monoisotopic (exact) mass is 832 g/mol. The third-order valence-corrected chi connectivity index (χ3v) is 11.8. The van der Waals surface area contributed by atoms with Gasteiger partial charge in [-0.15, -0.1) is 18.2 Å². The van der Waals surface area contributed by atoms with Gasteiger partial charge in [0, 0.05) is 43.2 Å². The zero-order valence-corrected chi connectivity index (χ0v) is 34.7. The first-order valence-corrected chi connectivity index (χ1v) is 21.5. The topological polar surface area (TPSA) is 119 Å². The third kappa shape index (κ3) is 10.3. The molecule has 12 heteroatoms. The molecule has 2 N–H and O–H groups in total. The van der Waals surface area contributed by atoms with Crippen molar-refractivity contribution in [3.8, 4) is 11.5 Å². The number of ether oxygens (including phenoxy) is 4. The zero-order valence-electron chi connectivity index (χ0n) is 34.0. The number of halogens is 2. The Morgan fingerprint density at radius 1 is 1.03 bits per heavy atom. The molecule has 0 radical (unpaired) electrons. The first-order chi connectivity index (χ1) is 28.9. The van der Waals surface area contributed by atoms with Crippen LogP contribution in [-0.4, -0.2) is 77.6 Å². The molecule has 0 saturated heterocycles. The fourth-order valence-corrected chi connectivity index (χ4v) is 9.17. The fraction of sp³-hybridized carbons (Fsp3) is 0.489. The Morgan fingerprint density at radius 2 is 1.80 bits per heavy atom. The molecule has 3 aromatic rings. The maximum Gasteiger partial charge on any atom is 0.410 e. The van der Waals surface area contributed by atoms with E-state index in [1.165, 1.54) is 6.07 Å². The van der Waals surface area contributed by atoms with Crippen molar-refractivity contribution < 1.29 is 43.2 Å². The number of aliphatic hydroxyl groups excluding tert-OH is 2. The van der Waals surface area contributed by atoms with E-state index in [0.29, 0.717) is 48.6 Å². The van der Waals surface area contributed by atoms with Crippen molar-refractivity contribution in [2.24, 2.45) is 22.9 Å². The molecule has 3 aliphatic rings. The minimum Gasteiger partial charge on any atom is -0.489 e. The molecule has 0 spiro atoms. The lowest BCUT2D eigenvalue weighted by atomic mass is 9.55. The van der Waals surface area contributed by atoms with Crippen molar-refractivity contribution in [2.75, 3.05) is 38.9 Å². The zero-order chi connectivity index (χ0) is 41.6. The van der Waals surface area contributed by atoms with E-state index in [4.69, 9.17) is 40.5 Å². The van der Waals surface area contributed by atoms with E-state index in [2.05, 4.69) is 12.7 Å². The van der Waals surface area contributed by atoms with Gasteiger partial charge in [-0.05, 0) is 79.3 Å². The predicted molar refractivity (Wildman–Crippen MR) is 226 cm³/mol. The number of amides is 1. The second-order valence-electron chi connectivity index (χ2n) is 15.4. The van der Waals surface area contributed by atoms with Gasteiger partial charge >= 0.3 is 6.09 Å². The maximum atomic E-state index is 14.7. The van der Waals surface area contributed by atoms with Crippen molar-refractivity contribution in [2.45, 2.75) is 89.3 Å². The third-order valence-electron chi connectivity index (χ3n) is 11.6. The maximum absolute atomic E-state index is 14.7. The number of benzene rings is 3. The average Bonchev–Trinajstić information content (AvgIpc) is 3.25. The first kappa shape index (κ1) is 44.1. The number of hydrogen-bond donors (Lipinski definition) is 2. The lowest BCUT2D eigenvalue weighted by Crippen LogP contribution is -2.70. The van der Waals surface area contributed by atoms with Crippen LogP contribution < -0.4 is 9.47 Å². The Bertz CT molecular complexity index is 1890. The van der Waals surface area contributed by atoms with E-state index >= 15 is 0 Å². The molecule has 6 rings (SSSR count). The van der Waals surface area contributed by atoms with Crippen molar-refractivity contribution >= 4 is 23.4 Å². The molecule has 3 aromatic carbocycles. The van der Waals surface area contributed by atoms with E-state index < -0.39 is 23.8 Å². The van der Waals surface area contributed by atoms with E-state index in [1.807, 2.05) is 55.5 Å². The number of nitrogens with zero attached hydrogens (tertiary/aromatic N) is 2. The highest BCUT2D eigenvalue weighted by Gasteiger charge is 2.65. The second-order valence-corrected chi connectivity index (χ2v) is 15.8. The quantitative estimate of drug-likeness (QED) is 0.0445. The van der Waals surface area contributed by atoms with Crippen LogP contribution >= 0.6 is 11.6 Å². The van der Waals surface area contributed by atoms with Crippen LogP contribution in [0.15, 0.2) is 102 Å². The van der Waals surface area contributed by atoms with Gasteiger partial charge in [0.05, 0.1) is 24.1 Å². The molecule has 59 heavy (non-hydrogen) atoms. The SMILES string of the molecule is C=CCOC12Oc3ccc(OCc4ccccc4F)cc3C3C(CCCCO)C(CCCCO)C=C(C(=NOCc4ccccc4)CC1N(CCC)C(=O)OCCCl)C32. The Balaban J connectivity index is 1.55. The summed E-state index contributed by atoms with van der Waals surface area (Å²) in [5, 5.41) is 24.7. The number of carbonyl (C=O) groups excluding carboxylic acids is 1. The summed E-state index contributed by atoms with van der Waals surface area (Å²) in [5.74, 6) is -1.14. The molecule has 1 heterocycles. The second kappa shape index (κ2) is 21.7. The summed E-state index contributed by atoms with van der Waals surface area (Å²) in [6.45, 7) is 6.97. The van der Waals surface area contributed by atoms with Crippen molar-refractivity contribution in [1.82, 2.24) is 4.90 Å². The number of fused-ring (bicyclic) bond motifs is 2. The van der Waals surface area contributed by atoms with Gasteiger partial charge in [0.25, 0.3) is 0 Å². The van der Waals surface area contributed by atoms with Gasteiger partial charge in [0.15, 0.2) is 0 Å². The van der Waals surface area contributed by atoms with Gasteiger partial charge in [-0.2, -0.15) is 0 Å². The van der Waals surface area contributed by atoms with Crippen LogP contribution in [-0.2, 0) is 27.5 Å². The van der Waals surface area contributed by atoms with E-state index in [9.17, 15) is 19.4 Å². The molecule has 1 fully saturated rings. The van der Waals surface area contributed by atoms with Crippen molar-refractivity contribution in [3.05, 3.63) is 120 Å². The number of hydrogen-bond acceptors (Lipinski definition) is 9. The lowest BCUT2D eigenvalue weighted by Gasteiger charge is -2.59. The number of carbonyl (C=O) groups is 1. The molecule has 6 unspecified atom stereocenters. The van der Waals surface area contributed by atoms with Gasteiger partial charge in [-0.3, -0.25) is 4.90 Å². The van der Waals surface area contributed by atoms with Gasteiger partial charge in [-0.25, -0.2) is 9.18 Å². The predicted octanol–water partition coefficient (Wildman–Crippen LogP) is 9.33. The summed E-state index contributed by atoms with van der Waals surface area (Å²) in [4.78, 5) is 22.0. The summed E-state index contributed by atoms with van der Waals surface area (Å²) < 4.78 is 41.0. The largest absolute Gasteiger partial charge is 0.489 e. The highest BCUT2D eigenvalue weighted by molar-refractivity contribution is 6.18. The Kier molecular flexibility index (Phi) is 16.3. The number of aliphatic hydroxyl groups is 2. The summed E-state index contributed by atoms with van der Waals surface area (Å²) in [7, 11) is 0. The lowest BCUT2D eigenvalue weighted by molar-refractivity contribution is -0.255. The van der Waals surface area contributed by atoms with Crippen molar-refractivity contribution in [3.63, 3.8) is 0 Å². The van der Waals surface area contributed by atoms with Gasteiger partial charge in [0.1, 0.15) is 43.2 Å². The van der Waals surface area contributed by atoms with Crippen LogP contribution in [0.1, 0.15) is 80.9 Å². The number of unbranched alkanes of at least 4 members (excludes halogenated alkanes) is 2. The molecule has 0 bridgehead atoms. The smallest absolute Gasteiger partial charge is 0.410 e. The molecule has 6 atom stereocenters. The number of alkyl halides is 1. The fourth-order valence-electron chi connectivity index (χ4n) is 9.10. The molecule has 2 aliphatic carbocycles. The summed E-state index contributed by atoms with van der Waals surface area (Å²) >= 11 is 6.02. The number of oxime groups is 1. The van der Waals surface area contributed by atoms with Crippen molar-refractivity contribution in [1.29, 1.82) is 0 Å². The highest BCUT2D eigenvalue weighted by atomic mass is 35.5. The minimum absolute atomic E-state index is 0.0261. The number of allylic oxidation sites excluding steroid dienone is 1. The van der Waals surface area contributed by atoms with Crippen LogP contribution in [0.25, 0.3) is 0 Å². The molecular formula is C47H58ClFN2O8. The first-order valence-electron chi connectivity index (χ1n) is 21.0. The minimum atomic E-state index is -1.42. The van der Waals surface area contributed by atoms with E-state index in [1.54, 1.807) is 29.2 Å². The van der Waals surface area contributed by atoms with Crippen LogP contribution in [0.5, 0.6) is 11.5 Å². The van der Waals surface area contributed by atoms with Crippen LogP contribution in [0.4, 0.5) is 9.18 Å². The van der Waals surface area contributed by atoms with E-state index in [-0.39, 0.29) is 75.5 Å². The molecular weight excluding hydrogens is 775 g/mol. The van der Waals surface area contributed by atoms with E-state index in [0.717, 1.165) is 42.4 Å². The van der Waals surface area contributed by atoms with Gasteiger partial charge in [-0.1, -0.05) is 85.6 Å². The molecule has 0 aromatic heterocycles. The molecule has 1 amide bonds. The Hall–Kier alpha value is -4.42. The summed E-state index contributed by atoms with van der Waals surface area (Å²) in [6, 6.07) is 21.4. The van der Waals surface area contributed by atoms with Crippen LogP contribution in [0, 0.1) is 23.6 Å². The molecule has 1 aliphatic heterocycles. The standard InChI is InChI=1S/C47H58ClFN2O8/c1-3-23-51(46(54)55-27-22-48)43-30-41(50-58-31-33-14-6-5-7-15-33)38-28-34(16-10-12-24-52)37(18-11-13-25-53)44-39-29-36(56-32-35-17-8-9-19-40(35)49)20-21-42(39)59-47(43,45(38)44)57-26-4-2/h4-9,14-15,17,19-21,28-29,34,37,43-45,52-53H,2-3,10-13,16,18,22-27,30-32H2,1H3. The van der Waals surface area contributed by atoms with Crippen LogP contribution in [0.3, 0.4) is 0 Å². The van der Waals surface area contributed by atoms with Gasteiger partial charge < -0.3 is 34.0 Å². The average molecular weight is 833 g/mol. The molecule has 1 saturated carbocycles. The normalized spacial score (nSPS) is 23.6. The van der Waals surface area contributed by atoms with Gasteiger partial charge in [0.2, 0.25) is 5.79 Å². The summed E-state index contributed by atoms with van der Waals surface area (Å²) in [6.07, 6.45) is 8.82.